The number of carbonyl (C=O) groups is 2. The molecular formula is C29H28FNO5. The Morgan fingerprint density at radius 3 is 2.42 bits per heavy atom. The number of aryl methyl sites for hydroxylation is 1. The first-order chi connectivity index (χ1) is 17.4. The highest BCUT2D eigenvalue weighted by molar-refractivity contribution is 6.11. The number of amides is 1. The molecule has 0 saturated carbocycles. The number of benzene rings is 3. The Kier molecular flexibility index (Phi) is 7.68. The zero-order chi connectivity index (χ0) is 25.7. The second-order valence-corrected chi connectivity index (χ2v) is 8.62. The standard InChI is InChI=1S/C29H28FNO5/c1-18(2)35-24-17-23-25(16-21(24)10-7-15-34-29(33)20-8-5-4-6-9-20)36-27(26(23)28(32)31-3)19-11-13-22(30)14-12-19/h4-6,8-9,11-14,16-18H,7,10,15H2,1-3H3,(H,31,32). The molecule has 1 aromatic heterocycles. The lowest BCUT2D eigenvalue weighted by atomic mass is 10.0. The number of esters is 1. The molecular weight excluding hydrogens is 461 g/mol. The summed E-state index contributed by atoms with van der Waals surface area (Å²) in [5.74, 6) is -0.0736. The summed E-state index contributed by atoms with van der Waals surface area (Å²) >= 11 is 0. The summed E-state index contributed by atoms with van der Waals surface area (Å²) in [7, 11) is 1.55. The van der Waals surface area contributed by atoms with Gasteiger partial charge in [0.2, 0.25) is 0 Å². The van der Waals surface area contributed by atoms with Gasteiger partial charge in [-0.05, 0) is 80.8 Å². The normalized spacial score (nSPS) is 11.0. The Balaban J connectivity index is 1.64. The SMILES string of the molecule is CNC(=O)c1c(-c2ccc(F)cc2)oc2cc(CCCOC(=O)c3ccccc3)c(OC(C)C)cc12. The molecule has 36 heavy (non-hydrogen) atoms. The number of hydrogen-bond donors (Lipinski definition) is 1. The van der Waals surface area contributed by atoms with Crippen molar-refractivity contribution < 1.29 is 27.9 Å². The Hall–Kier alpha value is -4.13. The predicted molar refractivity (Wildman–Crippen MR) is 136 cm³/mol. The Morgan fingerprint density at radius 1 is 1.03 bits per heavy atom. The van der Waals surface area contributed by atoms with Crippen molar-refractivity contribution in [1.29, 1.82) is 0 Å². The molecule has 0 spiro atoms. The van der Waals surface area contributed by atoms with Crippen LogP contribution in [0.5, 0.6) is 5.75 Å². The lowest BCUT2D eigenvalue weighted by molar-refractivity contribution is 0.0500. The van der Waals surface area contributed by atoms with Gasteiger partial charge in [-0.25, -0.2) is 9.18 Å². The van der Waals surface area contributed by atoms with Crippen LogP contribution in [-0.2, 0) is 11.2 Å². The summed E-state index contributed by atoms with van der Waals surface area (Å²) in [6.07, 6.45) is 1.05. The molecule has 7 heteroatoms. The molecule has 0 fully saturated rings. The van der Waals surface area contributed by atoms with Crippen LogP contribution in [0.2, 0.25) is 0 Å². The van der Waals surface area contributed by atoms with Crippen LogP contribution in [0.4, 0.5) is 4.39 Å². The first-order valence-corrected chi connectivity index (χ1v) is 11.8. The van der Waals surface area contributed by atoms with E-state index in [1.54, 1.807) is 43.4 Å². The molecule has 6 nitrogen and oxygen atoms in total. The Morgan fingerprint density at radius 2 is 1.75 bits per heavy atom. The van der Waals surface area contributed by atoms with Crippen molar-refractivity contribution in [3.8, 4) is 17.1 Å². The van der Waals surface area contributed by atoms with Crippen LogP contribution >= 0.6 is 0 Å². The third-order valence-electron chi connectivity index (χ3n) is 5.63. The van der Waals surface area contributed by atoms with E-state index in [-0.39, 0.29) is 30.4 Å². The number of halogens is 1. The van der Waals surface area contributed by atoms with Crippen molar-refractivity contribution in [2.75, 3.05) is 13.7 Å². The fourth-order valence-corrected chi connectivity index (χ4v) is 3.96. The molecule has 1 heterocycles. The highest BCUT2D eigenvalue weighted by Gasteiger charge is 2.23. The van der Waals surface area contributed by atoms with E-state index < -0.39 is 0 Å². The van der Waals surface area contributed by atoms with Gasteiger partial charge in [0.25, 0.3) is 5.91 Å². The fraction of sp³-hybridized carbons (Fsp3) is 0.241. The second kappa shape index (κ2) is 11.1. The van der Waals surface area contributed by atoms with Crippen molar-refractivity contribution in [3.05, 3.63) is 89.2 Å². The molecule has 0 bridgehead atoms. The molecule has 1 N–H and O–H groups in total. The number of ether oxygens (including phenoxy) is 2. The maximum atomic E-state index is 13.5. The van der Waals surface area contributed by atoms with E-state index in [4.69, 9.17) is 13.9 Å². The smallest absolute Gasteiger partial charge is 0.338 e. The first kappa shape index (κ1) is 25.0. The molecule has 4 aromatic rings. The van der Waals surface area contributed by atoms with Gasteiger partial charge in [-0.15, -0.1) is 0 Å². The van der Waals surface area contributed by atoms with Gasteiger partial charge in [0, 0.05) is 18.0 Å². The quantitative estimate of drug-likeness (QED) is 0.225. The lowest BCUT2D eigenvalue weighted by Crippen LogP contribution is -2.18. The van der Waals surface area contributed by atoms with Crippen LogP contribution in [0, 0.1) is 5.82 Å². The number of carbonyl (C=O) groups excluding carboxylic acids is 2. The topological polar surface area (TPSA) is 77.8 Å². The Labute approximate surface area is 209 Å². The number of hydrogen-bond acceptors (Lipinski definition) is 5. The zero-order valence-electron chi connectivity index (χ0n) is 20.5. The third-order valence-corrected chi connectivity index (χ3v) is 5.63. The molecule has 1 amide bonds. The van der Waals surface area contributed by atoms with Crippen molar-refractivity contribution in [3.63, 3.8) is 0 Å². The fourth-order valence-electron chi connectivity index (χ4n) is 3.96. The van der Waals surface area contributed by atoms with Crippen molar-refractivity contribution in [1.82, 2.24) is 5.32 Å². The van der Waals surface area contributed by atoms with Crippen LogP contribution in [0.15, 0.2) is 71.1 Å². The minimum atomic E-state index is -0.376. The summed E-state index contributed by atoms with van der Waals surface area (Å²) in [6.45, 7) is 4.10. The third kappa shape index (κ3) is 5.57. The van der Waals surface area contributed by atoms with Gasteiger partial charge < -0.3 is 19.2 Å². The van der Waals surface area contributed by atoms with Crippen molar-refractivity contribution in [2.24, 2.45) is 0 Å². The van der Waals surface area contributed by atoms with Crippen molar-refractivity contribution in [2.45, 2.75) is 32.8 Å². The van der Waals surface area contributed by atoms with E-state index in [1.807, 2.05) is 32.0 Å². The van der Waals surface area contributed by atoms with Crippen LogP contribution in [0.1, 0.15) is 46.5 Å². The number of furan rings is 1. The zero-order valence-corrected chi connectivity index (χ0v) is 20.5. The molecule has 0 radical (unpaired) electrons. The average molecular weight is 490 g/mol. The lowest BCUT2D eigenvalue weighted by Gasteiger charge is -2.15. The van der Waals surface area contributed by atoms with Crippen LogP contribution in [-0.4, -0.2) is 31.6 Å². The van der Waals surface area contributed by atoms with Crippen LogP contribution < -0.4 is 10.1 Å². The largest absolute Gasteiger partial charge is 0.491 e. The number of fused-ring (bicyclic) bond motifs is 1. The first-order valence-electron chi connectivity index (χ1n) is 11.8. The summed E-state index contributed by atoms with van der Waals surface area (Å²) in [4.78, 5) is 25.0. The van der Waals surface area contributed by atoms with E-state index >= 15 is 0 Å². The summed E-state index contributed by atoms with van der Waals surface area (Å²) in [6, 6.07) is 18.3. The number of rotatable bonds is 9. The van der Waals surface area contributed by atoms with E-state index in [1.165, 1.54) is 12.1 Å². The van der Waals surface area contributed by atoms with Gasteiger partial charge in [0.05, 0.1) is 23.8 Å². The van der Waals surface area contributed by atoms with E-state index in [0.29, 0.717) is 52.0 Å². The van der Waals surface area contributed by atoms with E-state index in [9.17, 15) is 14.0 Å². The molecule has 3 aromatic carbocycles. The Bertz CT molecular complexity index is 1360. The average Bonchev–Trinajstić information content (AvgIpc) is 3.24. The van der Waals surface area contributed by atoms with Gasteiger partial charge in [-0.2, -0.15) is 0 Å². The minimum Gasteiger partial charge on any atom is -0.491 e. The molecule has 0 atom stereocenters. The summed E-state index contributed by atoms with van der Waals surface area (Å²) in [5, 5.41) is 3.26. The maximum Gasteiger partial charge on any atom is 0.338 e. The summed E-state index contributed by atoms with van der Waals surface area (Å²) < 4.78 is 31.1. The monoisotopic (exact) mass is 489 g/mol. The molecule has 4 rings (SSSR count). The van der Waals surface area contributed by atoms with Crippen LogP contribution in [0.3, 0.4) is 0 Å². The molecule has 0 saturated heterocycles. The van der Waals surface area contributed by atoms with Gasteiger partial charge in [-0.1, -0.05) is 18.2 Å². The van der Waals surface area contributed by atoms with Gasteiger partial charge >= 0.3 is 5.97 Å². The number of nitrogens with one attached hydrogen (secondary N) is 1. The highest BCUT2D eigenvalue weighted by atomic mass is 19.1. The molecule has 0 unspecified atom stereocenters. The second-order valence-electron chi connectivity index (χ2n) is 8.62. The predicted octanol–water partition coefficient (Wildman–Crippen LogP) is 6.18. The minimum absolute atomic E-state index is 0.0935. The van der Waals surface area contributed by atoms with Gasteiger partial charge in [0.15, 0.2) is 0 Å². The maximum absolute atomic E-state index is 13.5. The van der Waals surface area contributed by atoms with Gasteiger partial charge in [0.1, 0.15) is 22.9 Å². The van der Waals surface area contributed by atoms with E-state index in [2.05, 4.69) is 5.32 Å². The van der Waals surface area contributed by atoms with E-state index in [0.717, 1.165) is 5.56 Å². The highest BCUT2D eigenvalue weighted by Crippen LogP contribution is 2.38. The molecule has 0 aliphatic carbocycles. The van der Waals surface area contributed by atoms with Crippen LogP contribution in [0.25, 0.3) is 22.3 Å². The van der Waals surface area contributed by atoms with Crippen molar-refractivity contribution >= 4 is 22.8 Å². The molecule has 0 aliphatic rings. The summed E-state index contributed by atoms with van der Waals surface area (Å²) in [5.41, 5.74) is 2.84. The molecule has 186 valence electrons. The molecule has 0 aliphatic heterocycles. The van der Waals surface area contributed by atoms with Gasteiger partial charge in [-0.3, -0.25) is 4.79 Å².